The lowest BCUT2D eigenvalue weighted by Crippen LogP contribution is -2.02. The van der Waals surface area contributed by atoms with Gasteiger partial charge in [-0.15, -0.1) is 17.0 Å². The van der Waals surface area contributed by atoms with Crippen molar-refractivity contribution in [1.82, 2.24) is 4.98 Å². The van der Waals surface area contributed by atoms with E-state index in [4.69, 9.17) is 0 Å². The number of pyridine rings is 1. The minimum absolute atomic E-state index is 0. The highest BCUT2D eigenvalue weighted by atomic mass is 79.9. The van der Waals surface area contributed by atoms with Crippen LogP contribution in [0.2, 0.25) is 0 Å². The third kappa shape index (κ3) is 4.52. The number of aromatic nitrogens is 1. The van der Waals surface area contributed by atoms with E-state index in [0.29, 0.717) is 5.33 Å². The molecule has 0 N–H and O–H groups in total. The van der Waals surface area contributed by atoms with E-state index >= 15 is 0 Å². The first-order valence-corrected chi connectivity index (χ1v) is 4.30. The minimum atomic E-state index is -2.79. The molecule has 0 bridgehead atoms. The average Bonchev–Trinajstić information content (AvgIpc) is 2.05. The lowest BCUT2D eigenvalue weighted by Gasteiger charge is -2.03. The van der Waals surface area contributed by atoms with E-state index in [1.807, 2.05) is 0 Å². The van der Waals surface area contributed by atoms with Gasteiger partial charge >= 0.3 is 6.61 Å². The first-order chi connectivity index (χ1) is 5.72. The highest BCUT2D eigenvalue weighted by molar-refractivity contribution is 9.08. The van der Waals surface area contributed by atoms with Crippen LogP contribution < -0.4 is 4.74 Å². The Morgan fingerprint density at radius 2 is 2.15 bits per heavy atom. The van der Waals surface area contributed by atoms with Crippen molar-refractivity contribution in [3.05, 3.63) is 24.0 Å². The lowest BCUT2D eigenvalue weighted by atomic mass is 10.4. The van der Waals surface area contributed by atoms with Crippen LogP contribution in [0.5, 0.6) is 5.75 Å². The molecule has 0 amide bonds. The third-order valence-corrected chi connectivity index (χ3v) is 1.73. The number of rotatable bonds is 3. The molecule has 2 nitrogen and oxygen atoms in total. The van der Waals surface area contributed by atoms with Crippen LogP contribution in [0.15, 0.2) is 18.3 Å². The molecule has 0 unspecified atom stereocenters. The van der Waals surface area contributed by atoms with E-state index in [1.165, 1.54) is 12.3 Å². The number of hydrogen-bond donors (Lipinski definition) is 0. The molecule has 0 aliphatic heterocycles. The molecule has 6 heteroatoms. The summed E-state index contributed by atoms with van der Waals surface area (Å²) in [4.78, 5) is 3.85. The number of nitrogens with zero attached hydrogens (tertiary/aromatic N) is 1. The molecule has 0 saturated heterocycles. The topological polar surface area (TPSA) is 22.1 Å². The molecular weight excluding hydrogens is 312 g/mol. The molecule has 0 spiro atoms. The fourth-order valence-corrected chi connectivity index (χ4v) is 0.994. The molecule has 1 rings (SSSR count). The second-order valence-corrected chi connectivity index (χ2v) is 2.56. The van der Waals surface area contributed by atoms with Gasteiger partial charge in [0, 0.05) is 5.33 Å². The van der Waals surface area contributed by atoms with Crippen LogP contribution in [0.3, 0.4) is 0 Å². The van der Waals surface area contributed by atoms with Crippen molar-refractivity contribution < 1.29 is 13.5 Å². The van der Waals surface area contributed by atoms with Gasteiger partial charge in [0.15, 0.2) is 0 Å². The predicted octanol–water partition coefficient (Wildman–Crippen LogP) is 3.16. The van der Waals surface area contributed by atoms with Gasteiger partial charge in [-0.1, -0.05) is 15.9 Å². The Kier molecular flexibility index (Phi) is 6.15. The minimum Gasteiger partial charge on any atom is -0.433 e. The molecule has 0 atom stereocenters. The summed E-state index contributed by atoms with van der Waals surface area (Å²) in [6.07, 6.45) is 1.27. The van der Waals surface area contributed by atoms with Gasteiger partial charge < -0.3 is 4.74 Å². The van der Waals surface area contributed by atoms with Crippen molar-refractivity contribution in [3.8, 4) is 5.75 Å². The Hall–Kier alpha value is -0.230. The van der Waals surface area contributed by atoms with Crippen LogP contribution in [-0.2, 0) is 5.33 Å². The summed E-state index contributed by atoms with van der Waals surface area (Å²) in [5, 5.41) is 0.599. The summed E-state index contributed by atoms with van der Waals surface area (Å²) in [5.41, 5.74) is 0.775. The third-order valence-electron chi connectivity index (χ3n) is 1.16. The summed E-state index contributed by atoms with van der Waals surface area (Å²) >= 11 is 3.18. The SMILES string of the molecule is Br.FC(F)Oc1ccc(CBr)nc1. The van der Waals surface area contributed by atoms with Gasteiger partial charge in [-0.05, 0) is 12.1 Å². The highest BCUT2D eigenvalue weighted by Gasteiger charge is 2.03. The molecule has 1 heterocycles. The lowest BCUT2D eigenvalue weighted by molar-refractivity contribution is -0.0500. The number of ether oxygens (including phenoxy) is 1. The maximum absolute atomic E-state index is 11.6. The summed E-state index contributed by atoms with van der Waals surface area (Å²) in [6.45, 7) is -2.79. The first-order valence-electron chi connectivity index (χ1n) is 3.18. The zero-order valence-electron chi connectivity index (χ0n) is 6.41. The van der Waals surface area contributed by atoms with Crippen molar-refractivity contribution in [2.24, 2.45) is 0 Å². The van der Waals surface area contributed by atoms with Gasteiger partial charge in [0.1, 0.15) is 5.75 Å². The summed E-state index contributed by atoms with van der Waals surface area (Å²) < 4.78 is 27.4. The first kappa shape index (κ1) is 12.8. The van der Waals surface area contributed by atoms with Crippen LogP contribution in [-0.4, -0.2) is 11.6 Å². The molecule has 1 aromatic heterocycles. The van der Waals surface area contributed by atoms with E-state index in [2.05, 4.69) is 25.7 Å². The molecule has 0 aliphatic carbocycles. The van der Waals surface area contributed by atoms with E-state index in [-0.39, 0.29) is 22.7 Å². The number of halogens is 4. The molecular formula is C7H7Br2F2NO. The fourth-order valence-electron chi connectivity index (χ4n) is 0.663. The average molecular weight is 319 g/mol. The van der Waals surface area contributed by atoms with Crippen LogP contribution in [0.4, 0.5) is 8.78 Å². The molecule has 1 aromatic rings. The maximum Gasteiger partial charge on any atom is 0.387 e. The second-order valence-electron chi connectivity index (χ2n) is 2.00. The van der Waals surface area contributed by atoms with Gasteiger partial charge in [0.25, 0.3) is 0 Å². The molecule has 0 aromatic carbocycles. The van der Waals surface area contributed by atoms with Crippen molar-refractivity contribution in [2.45, 2.75) is 11.9 Å². The molecule has 0 fully saturated rings. The van der Waals surface area contributed by atoms with E-state index in [1.54, 1.807) is 6.07 Å². The van der Waals surface area contributed by atoms with Crippen molar-refractivity contribution >= 4 is 32.9 Å². The molecule has 0 radical (unpaired) electrons. The zero-order valence-corrected chi connectivity index (χ0v) is 9.71. The molecule has 13 heavy (non-hydrogen) atoms. The summed E-state index contributed by atoms with van der Waals surface area (Å²) in [7, 11) is 0. The molecule has 0 aliphatic rings. The Morgan fingerprint density at radius 3 is 2.54 bits per heavy atom. The van der Waals surface area contributed by atoms with Crippen molar-refractivity contribution in [2.75, 3.05) is 0 Å². The number of alkyl halides is 3. The van der Waals surface area contributed by atoms with Crippen LogP contribution in [0.1, 0.15) is 5.69 Å². The number of hydrogen-bond acceptors (Lipinski definition) is 2. The van der Waals surface area contributed by atoms with Gasteiger partial charge in [-0.2, -0.15) is 8.78 Å². The van der Waals surface area contributed by atoms with Crippen LogP contribution in [0.25, 0.3) is 0 Å². The van der Waals surface area contributed by atoms with E-state index < -0.39 is 6.61 Å². The quantitative estimate of drug-likeness (QED) is 0.799. The predicted molar refractivity (Wildman–Crippen MR) is 53.8 cm³/mol. The van der Waals surface area contributed by atoms with Gasteiger partial charge in [0.05, 0.1) is 11.9 Å². The fraction of sp³-hybridized carbons (Fsp3) is 0.286. The Bertz CT molecular complexity index is 243. The Labute approximate surface area is 93.2 Å². The van der Waals surface area contributed by atoms with Gasteiger partial charge in [0.2, 0.25) is 0 Å². The summed E-state index contributed by atoms with van der Waals surface area (Å²) in [5.74, 6) is 0.0784. The second kappa shape index (κ2) is 6.26. The van der Waals surface area contributed by atoms with Gasteiger partial charge in [-0.25, -0.2) is 0 Å². The highest BCUT2D eigenvalue weighted by Crippen LogP contribution is 2.13. The monoisotopic (exact) mass is 317 g/mol. The van der Waals surface area contributed by atoms with Crippen LogP contribution in [0, 0.1) is 0 Å². The maximum atomic E-state index is 11.6. The summed E-state index contributed by atoms with van der Waals surface area (Å²) in [6, 6.07) is 3.07. The van der Waals surface area contributed by atoms with E-state index in [0.717, 1.165) is 5.69 Å². The van der Waals surface area contributed by atoms with Crippen molar-refractivity contribution in [1.29, 1.82) is 0 Å². The normalized spacial score (nSPS) is 9.54. The van der Waals surface area contributed by atoms with Crippen molar-refractivity contribution in [3.63, 3.8) is 0 Å². The largest absolute Gasteiger partial charge is 0.433 e. The van der Waals surface area contributed by atoms with Gasteiger partial charge in [-0.3, -0.25) is 4.98 Å². The zero-order chi connectivity index (χ0) is 8.97. The van der Waals surface area contributed by atoms with E-state index in [9.17, 15) is 8.78 Å². The Morgan fingerprint density at radius 1 is 1.46 bits per heavy atom. The Balaban J connectivity index is 0.00000144. The molecule has 74 valence electrons. The smallest absolute Gasteiger partial charge is 0.387 e. The van der Waals surface area contributed by atoms with Crippen LogP contribution >= 0.6 is 32.9 Å². The molecule has 0 saturated carbocycles. The standard InChI is InChI=1S/C7H6BrF2NO.BrH/c8-3-5-1-2-6(4-11-5)12-7(9)10;/h1-2,4,7H,3H2;1H.